The van der Waals surface area contributed by atoms with Gasteiger partial charge in [0, 0.05) is 12.8 Å². The molecule has 322 valence electrons. The van der Waals surface area contributed by atoms with E-state index in [1.165, 1.54) is 57.8 Å². The first kappa shape index (κ1) is 53.2. The Hall–Kier alpha value is -2.82. The highest BCUT2D eigenvalue weighted by Crippen LogP contribution is 2.43. The number of phosphoric acid groups is 1. The zero-order chi connectivity index (χ0) is 41.4. The highest BCUT2D eigenvalue weighted by atomic mass is 31.2. The lowest BCUT2D eigenvalue weighted by molar-refractivity contribution is -0.161. The van der Waals surface area contributed by atoms with Gasteiger partial charge in [-0.25, -0.2) is 4.57 Å². The van der Waals surface area contributed by atoms with Crippen LogP contribution >= 0.6 is 7.82 Å². The number of phosphoric ester groups is 1. The third-order valence-electron chi connectivity index (χ3n) is 8.74. The third-order valence-corrected chi connectivity index (χ3v) is 9.69. The summed E-state index contributed by atoms with van der Waals surface area (Å²) in [6.45, 7) is 2.69. The van der Waals surface area contributed by atoms with E-state index in [4.69, 9.17) is 24.8 Å². The van der Waals surface area contributed by atoms with E-state index in [0.717, 1.165) is 64.2 Å². The van der Waals surface area contributed by atoms with Crippen LogP contribution in [-0.2, 0) is 37.5 Å². The molecule has 4 N–H and O–H groups in total. The van der Waals surface area contributed by atoms with Crippen molar-refractivity contribution < 1.29 is 47.5 Å². The smallest absolute Gasteiger partial charge is 0.472 e. The first-order chi connectivity index (χ1) is 27.1. The molecule has 0 aliphatic carbocycles. The molecule has 0 aliphatic rings. The molecule has 12 heteroatoms. The molecule has 1 unspecified atom stereocenters. The van der Waals surface area contributed by atoms with E-state index in [0.29, 0.717) is 19.3 Å². The number of hydrogen-bond acceptors (Lipinski definition) is 9. The highest BCUT2D eigenvalue weighted by molar-refractivity contribution is 7.47. The van der Waals surface area contributed by atoms with Crippen LogP contribution in [0.3, 0.4) is 0 Å². The van der Waals surface area contributed by atoms with Crippen LogP contribution in [0.5, 0.6) is 0 Å². The summed E-state index contributed by atoms with van der Waals surface area (Å²) in [5, 5.41) is 8.88. The second-order valence-electron chi connectivity index (χ2n) is 14.1. The molecule has 0 saturated carbocycles. The van der Waals surface area contributed by atoms with Gasteiger partial charge in [0.25, 0.3) is 0 Å². The SMILES string of the molecule is CCCCC/C=C/C/C=C/C/C=C/C/C=C/CCCC(=O)OC[C@H](COP(=O)(O)OC[C@H](N)C(=O)O)OC(=O)CCCCCCC/C=C/CCCCCCCC. The number of allylic oxidation sites excluding steroid dienone is 10. The molecule has 0 bridgehead atoms. The maximum Gasteiger partial charge on any atom is 0.472 e. The molecule has 0 saturated heterocycles. The lowest BCUT2D eigenvalue weighted by Gasteiger charge is -2.20. The van der Waals surface area contributed by atoms with E-state index >= 15 is 0 Å². The van der Waals surface area contributed by atoms with E-state index in [-0.39, 0.29) is 19.4 Å². The van der Waals surface area contributed by atoms with Crippen LogP contribution in [0.25, 0.3) is 0 Å². The number of nitrogens with two attached hydrogens (primary N) is 1. The quantitative estimate of drug-likeness (QED) is 0.0233. The molecule has 56 heavy (non-hydrogen) atoms. The summed E-state index contributed by atoms with van der Waals surface area (Å²) in [6, 6.07) is -1.53. The van der Waals surface area contributed by atoms with Crippen molar-refractivity contribution in [1.82, 2.24) is 0 Å². The van der Waals surface area contributed by atoms with Crippen molar-refractivity contribution in [2.45, 2.75) is 180 Å². The van der Waals surface area contributed by atoms with Gasteiger partial charge in [-0.05, 0) is 77.0 Å². The second-order valence-corrected chi connectivity index (χ2v) is 15.6. The summed E-state index contributed by atoms with van der Waals surface area (Å²) >= 11 is 0. The van der Waals surface area contributed by atoms with Gasteiger partial charge in [0.05, 0.1) is 13.2 Å². The lowest BCUT2D eigenvalue weighted by Crippen LogP contribution is -2.34. The minimum absolute atomic E-state index is 0.137. The van der Waals surface area contributed by atoms with Crippen LogP contribution in [0.2, 0.25) is 0 Å². The average molecular weight is 810 g/mol. The first-order valence-corrected chi connectivity index (χ1v) is 22.8. The number of carbonyl (C=O) groups is 3. The predicted octanol–water partition coefficient (Wildman–Crippen LogP) is 11.2. The van der Waals surface area contributed by atoms with E-state index < -0.39 is 51.1 Å². The average Bonchev–Trinajstić information content (AvgIpc) is 3.17. The topological polar surface area (TPSA) is 172 Å². The number of hydrogen-bond donors (Lipinski definition) is 3. The Morgan fingerprint density at radius 2 is 0.964 bits per heavy atom. The van der Waals surface area contributed by atoms with Crippen molar-refractivity contribution in [3.8, 4) is 0 Å². The van der Waals surface area contributed by atoms with Gasteiger partial charge in [-0.2, -0.15) is 0 Å². The Morgan fingerprint density at radius 3 is 1.52 bits per heavy atom. The Labute approximate surface area is 338 Å². The van der Waals surface area contributed by atoms with Crippen molar-refractivity contribution in [3.05, 3.63) is 60.8 Å². The Balaban J connectivity index is 4.50. The van der Waals surface area contributed by atoms with Gasteiger partial charge < -0.3 is 25.2 Å². The van der Waals surface area contributed by atoms with Crippen molar-refractivity contribution in [1.29, 1.82) is 0 Å². The maximum absolute atomic E-state index is 12.6. The van der Waals surface area contributed by atoms with E-state index in [1.807, 2.05) is 12.2 Å². The largest absolute Gasteiger partial charge is 0.480 e. The molecule has 0 aromatic carbocycles. The normalized spacial score (nSPS) is 14.4. The van der Waals surface area contributed by atoms with Gasteiger partial charge in [-0.1, -0.05) is 139 Å². The summed E-state index contributed by atoms with van der Waals surface area (Å²) in [6.07, 6.45) is 44.3. The van der Waals surface area contributed by atoms with E-state index in [9.17, 15) is 23.8 Å². The number of aliphatic carboxylic acids is 1. The number of carbonyl (C=O) groups excluding carboxylic acids is 2. The van der Waals surface area contributed by atoms with Crippen LogP contribution in [0.1, 0.15) is 168 Å². The van der Waals surface area contributed by atoms with E-state index in [2.05, 4.69) is 67.0 Å². The fourth-order valence-corrected chi connectivity index (χ4v) is 6.12. The summed E-state index contributed by atoms with van der Waals surface area (Å²) in [5.74, 6) is -2.47. The molecule has 0 amide bonds. The fourth-order valence-electron chi connectivity index (χ4n) is 5.34. The Morgan fingerprint density at radius 1 is 0.554 bits per heavy atom. The molecule has 0 spiro atoms. The second kappa shape index (κ2) is 39.0. The summed E-state index contributed by atoms with van der Waals surface area (Å²) in [4.78, 5) is 45.9. The molecule has 0 aromatic rings. The number of carboxylic acid groups (broad SMARTS) is 1. The van der Waals surface area contributed by atoms with Gasteiger partial charge in [-0.3, -0.25) is 23.4 Å². The number of unbranched alkanes of at least 4 members (excludes halogenated alkanes) is 15. The zero-order valence-electron chi connectivity index (χ0n) is 34.7. The molecule has 0 fully saturated rings. The summed E-state index contributed by atoms with van der Waals surface area (Å²) in [7, 11) is -4.73. The Kier molecular flexibility index (Phi) is 37.1. The van der Waals surface area contributed by atoms with Crippen LogP contribution in [0.4, 0.5) is 0 Å². The Bertz CT molecular complexity index is 1180. The minimum Gasteiger partial charge on any atom is -0.480 e. The lowest BCUT2D eigenvalue weighted by atomic mass is 10.1. The highest BCUT2D eigenvalue weighted by Gasteiger charge is 2.28. The molecule has 0 radical (unpaired) electrons. The van der Waals surface area contributed by atoms with Crippen molar-refractivity contribution in [2.75, 3.05) is 19.8 Å². The summed E-state index contributed by atoms with van der Waals surface area (Å²) in [5.41, 5.74) is 5.32. The van der Waals surface area contributed by atoms with Crippen LogP contribution in [0, 0.1) is 0 Å². The summed E-state index contributed by atoms with van der Waals surface area (Å²) < 4.78 is 32.6. The molecule has 11 nitrogen and oxygen atoms in total. The molecular weight excluding hydrogens is 733 g/mol. The van der Waals surface area contributed by atoms with Gasteiger partial charge in [0.2, 0.25) is 0 Å². The van der Waals surface area contributed by atoms with Gasteiger partial charge in [0.1, 0.15) is 12.6 Å². The first-order valence-electron chi connectivity index (χ1n) is 21.3. The molecule has 0 aromatic heterocycles. The third kappa shape index (κ3) is 38.1. The standard InChI is InChI=1S/C44H76NO10P/c1-3-5-7-9-11-13-15-17-19-20-22-23-25-27-29-31-33-35-42(46)52-37-40(38-53-56(50,51)54-39-41(45)44(48)49)55-43(47)36-34-32-30-28-26-24-21-18-16-14-12-10-8-6-4-2/h11,13,17-19,21-23,27,29,40-41H,3-10,12,14-16,20,24-26,28,30-39,45H2,1-2H3,(H,48,49)(H,50,51)/b13-11+,19-17+,21-18+,23-22+,29-27+/t40-,41+/m1/s1. The molecule has 0 aliphatic heterocycles. The van der Waals surface area contributed by atoms with Crippen molar-refractivity contribution >= 4 is 25.7 Å². The van der Waals surface area contributed by atoms with Gasteiger partial charge >= 0.3 is 25.7 Å². The number of rotatable bonds is 39. The molecular formula is C44H76NO10P. The van der Waals surface area contributed by atoms with Crippen LogP contribution < -0.4 is 5.73 Å². The zero-order valence-corrected chi connectivity index (χ0v) is 35.6. The molecule has 3 atom stereocenters. The number of carboxylic acids is 1. The van der Waals surface area contributed by atoms with Gasteiger partial charge in [0.15, 0.2) is 6.10 Å². The monoisotopic (exact) mass is 810 g/mol. The van der Waals surface area contributed by atoms with Gasteiger partial charge in [-0.15, -0.1) is 0 Å². The van der Waals surface area contributed by atoms with E-state index in [1.54, 1.807) is 0 Å². The fraction of sp³-hybridized carbons (Fsp3) is 0.705. The van der Waals surface area contributed by atoms with Crippen LogP contribution in [-0.4, -0.2) is 59.9 Å². The number of ether oxygens (including phenoxy) is 2. The predicted molar refractivity (Wildman–Crippen MR) is 226 cm³/mol. The maximum atomic E-state index is 12.6. The molecule has 0 rings (SSSR count). The minimum atomic E-state index is -4.73. The molecule has 0 heterocycles. The number of esters is 2. The van der Waals surface area contributed by atoms with Crippen LogP contribution in [0.15, 0.2) is 60.8 Å². The van der Waals surface area contributed by atoms with Crippen molar-refractivity contribution in [2.24, 2.45) is 5.73 Å². The van der Waals surface area contributed by atoms with Crippen molar-refractivity contribution in [3.63, 3.8) is 0 Å².